The van der Waals surface area contributed by atoms with E-state index in [0.29, 0.717) is 32.0 Å². The quantitative estimate of drug-likeness (QED) is 0.723. The molecule has 2 N–H and O–H groups in total. The van der Waals surface area contributed by atoms with Crippen LogP contribution in [0.4, 0.5) is 11.4 Å². The second-order valence-electron chi connectivity index (χ2n) is 6.91. The number of hydrogen-bond donors (Lipinski definition) is 2. The topological polar surface area (TPSA) is 87.7 Å². The Morgan fingerprint density at radius 1 is 1.10 bits per heavy atom. The van der Waals surface area contributed by atoms with Gasteiger partial charge in [0.25, 0.3) is 0 Å². The van der Waals surface area contributed by atoms with Crippen molar-refractivity contribution in [3.05, 3.63) is 54.1 Å². The summed E-state index contributed by atoms with van der Waals surface area (Å²) in [6, 6.07) is 13.7. The molecule has 156 valence electrons. The molecule has 0 aromatic heterocycles. The van der Waals surface area contributed by atoms with Crippen molar-refractivity contribution < 1.29 is 17.9 Å². The molecule has 0 spiro atoms. The van der Waals surface area contributed by atoms with Crippen LogP contribution in [0.15, 0.2) is 53.4 Å². The number of anilines is 2. The summed E-state index contributed by atoms with van der Waals surface area (Å²) in [5.74, 6) is -0.195. The van der Waals surface area contributed by atoms with Gasteiger partial charge in [-0.15, -0.1) is 0 Å². The van der Waals surface area contributed by atoms with Gasteiger partial charge in [0.1, 0.15) is 6.04 Å². The van der Waals surface area contributed by atoms with Crippen LogP contribution in [0.3, 0.4) is 0 Å². The number of hydrogen-bond acceptors (Lipinski definition) is 5. The highest BCUT2D eigenvalue weighted by atomic mass is 32.2. The van der Waals surface area contributed by atoms with Gasteiger partial charge in [-0.25, -0.2) is 8.42 Å². The fourth-order valence-corrected chi connectivity index (χ4v) is 4.57. The standard InChI is InChI=1S/C21H27N3O4S/c1-3-17-6-4-5-7-20(17)22-16(2)21(25)23-18-8-10-19(11-9-18)29(26,27)24-12-14-28-15-13-24/h4-11,16,22H,3,12-15H2,1-2H3,(H,23,25)/t16-/m1/s1. The van der Waals surface area contributed by atoms with Gasteiger partial charge in [0.2, 0.25) is 15.9 Å². The van der Waals surface area contributed by atoms with E-state index in [9.17, 15) is 13.2 Å². The molecule has 3 rings (SSSR count). The van der Waals surface area contributed by atoms with Crippen molar-refractivity contribution >= 4 is 27.3 Å². The average molecular weight is 418 g/mol. The molecule has 2 aromatic carbocycles. The first-order chi connectivity index (χ1) is 13.9. The van der Waals surface area contributed by atoms with Crippen LogP contribution in [0.1, 0.15) is 19.4 Å². The van der Waals surface area contributed by atoms with Gasteiger partial charge in [-0.1, -0.05) is 25.1 Å². The van der Waals surface area contributed by atoms with E-state index in [1.165, 1.54) is 16.4 Å². The fraction of sp³-hybridized carbons (Fsp3) is 0.381. The molecule has 7 nitrogen and oxygen atoms in total. The molecule has 2 aromatic rings. The van der Waals surface area contributed by atoms with E-state index in [1.54, 1.807) is 19.1 Å². The van der Waals surface area contributed by atoms with Gasteiger partial charge in [0, 0.05) is 24.5 Å². The molecule has 0 aliphatic carbocycles. The predicted octanol–water partition coefficient (Wildman–Crippen LogP) is 2.71. The first-order valence-electron chi connectivity index (χ1n) is 9.75. The summed E-state index contributed by atoms with van der Waals surface area (Å²) in [5.41, 5.74) is 2.63. The van der Waals surface area contributed by atoms with Crippen LogP contribution >= 0.6 is 0 Å². The monoisotopic (exact) mass is 417 g/mol. The van der Waals surface area contributed by atoms with Crippen LogP contribution in [-0.4, -0.2) is 51.0 Å². The Hall–Kier alpha value is -2.42. The fourth-order valence-electron chi connectivity index (χ4n) is 3.16. The minimum atomic E-state index is -3.54. The lowest BCUT2D eigenvalue weighted by Crippen LogP contribution is -2.40. The van der Waals surface area contributed by atoms with Crippen molar-refractivity contribution in [2.45, 2.75) is 31.2 Å². The zero-order valence-electron chi connectivity index (χ0n) is 16.7. The van der Waals surface area contributed by atoms with Gasteiger partial charge in [0.05, 0.1) is 18.1 Å². The summed E-state index contributed by atoms with van der Waals surface area (Å²) in [6.07, 6.45) is 0.872. The normalized spacial score (nSPS) is 16.2. The maximum atomic E-state index is 12.7. The maximum absolute atomic E-state index is 12.7. The summed E-state index contributed by atoms with van der Waals surface area (Å²) in [4.78, 5) is 12.7. The Bertz CT molecular complexity index is 939. The summed E-state index contributed by atoms with van der Waals surface area (Å²) in [5, 5.41) is 6.06. The third-order valence-corrected chi connectivity index (χ3v) is 6.81. The van der Waals surface area contributed by atoms with Crippen molar-refractivity contribution in [2.75, 3.05) is 36.9 Å². The Morgan fingerprint density at radius 2 is 1.76 bits per heavy atom. The number of sulfonamides is 1. The minimum Gasteiger partial charge on any atom is -0.379 e. The molecular formula is C21H27N3O4S. The molecule has 29 heavy (non-hydrogen) atoms. The number of morpholine rings is 1. The van der Waals surface area contributed by atoms with Gasteiger partial charge in [-0.05, 0) is 49.2 Å². The Kier molecular flexibility index (Phi) is 6.89. The number of para-hydroxylation sites is 1. The number of nitrogens with one attached hydrogen (secondary N) is 2. The van der Waals surface area contributed by atoms with Crippen molar-refractivity contribution in [3.8, 4) is 0 Å². The first kappa shape index (κ1) is 21.3. The van der Waals surface area contributed by atoms with Crippen LogP contribution in [0.2, 0.25) is 0 Å². The number of carbonyl (C=O) groups is 1. The van der Waals surface area contributed by atoms with E-state index in [2.05, 4.69) is 17.6 Å². The zero-order valence-corrected chi connectivity index (χ0v) is 17.5. The molecule has 0 radical (unpaired) electrons. The van der Waals surface area contributed by atoms with E-state index in [4.69, 9.17) is 4.74 Å². The van der Waals surface area contributed by atoms with E-state index in [0.717, 1.165) is 17.7 Å². The lowest BCUT2D eigenvalue weighted by Gasteiger charge is -2.26. The number of rotatable bonds is 7. The van der Waals surface area contributed by atoms with E-state index in [-0.39, 0.29) is 10.8 Å². The molecule has 1 amide bonds. The lowest BCUT2D eigenvalue weighted by molar-refractivity contribution is -0.116. The largest absolute Gasteiger partial charge is 0.379 e. The Morgan fingerprint density at radius 3 is 2.41 bits per heavy atom. The number of ether oxygens (including phenoxy) is 1. The molecule has 0 unspecified atom stereocenters. The first-order valence-corrected chi connectivity index (χ1v) is 11.2. The highest BCUT2D eigenvalue weighted by Crippen LogP contribution is 2.20. The molecule has 1 heterocycles. The molecule has 1 fully saturated rings. The Balaban J connectivity index is 1.63. The number of amides is 1. The van der Waals surface area contributed by atoms with Crippen molar-refractivity contribution in [2.24, 2.45) is 0 Å². The SMILES string of the molecule is CCc1ccccc1N[C@H](C)C(=O)Nc1ccc(S(=O)(=O)N2CCOCC2)cc1. The highest BCUT2D eigenvalue weighted by Gasteiger charge is 2.26. The maximum Gasteiger partial charge on any atom is 0.246 e. The van der Waals surface area contributed by atoms with Crippen LogP contribution in [0.5, 0.6) is 0 Å². The predicted molar refractivity (Wildman–Crippen MR) is 114 cm³/mol. The summed E-state index contributed by atoms with van der Waals surface area (Å²) in [7, 11) is -3.54. The smallest absolute Gasteiger partial charge is 0.246 e. The highest BCUT2D eigenvalue weighted by molar-refractivity contribution is 7.89. The molecule has 1 atom stereocenters. The van der Waals surface area contributed by atoms with E-state index >= 15 is 0 Å². The molecule has 1 aliphatic heterocycles. The van der Waals surface area contributed by atoms with Gasteiger partial charge in [-0.2, -0.15) is 4.31 Å². The second kappa shape index (κ2) is 9.39. The molecular weight excluding hydrogens is 390 g/mol. The number of aryl methyl sites for hydroxylation is 1. The van der Waals surface area contributed by atoms with Gasteiger partial charge in [-0.3, -0.25) is 4.79 Å². The molecule has 8 heteroatoms. The van der Waals surface area contributed by atoms with Crippen LogP contribution in [0.25, 0.3) is 0 Å². The summed E-state index contributed by atoms with van der Waals surface area (Å²) in [6.45, 7) is 5.36. The molecule has 1 aliphatic rings. The number of nitrogens with zero attached hydrogens (tertiary/aromatic N) is 1. The third-order valence-electron chi connectivity index (χ3n) is 4.89. The zero-order chi connectivity index (χ0) is 20.9. The van der Waals surface area contributed by atoms with Gasteiger partial charge < -0.3 is 15.4 Å². The van der Waals surface area contributed by atoms with Crippen molar-refractivity contribution in [1.29, 1.82) is 0 Å². The lowest BCUT2D eigenvalue weighted by atomic mass is 10.1. The van der Waals surface area contributed by atoms with E-state index < -0.39 is 16.1 Å². The van der Waals surface area contributed by atoms with Crippen LogP contribution in [-0.2, 0) is 26.0 Å². The Labute approximate surface area is 172 Å². The van der Waals surface area contributed by atoms with Gasteiger partial charge in [0.15, 0.2) is 0 Å². The van der Waals surface area contributed by atoms with Gasteiger partial charge >= 0.3 is 0 Å². The third kappa shape index (κ3) is 5.14. The number of carbonyl (C=O) groups excluding carboxylic acids is 1. The van der Waals surface area contributed by atoms with Crippen molar-refractivity contribution in [3.63, 3.8) is 0 Å². The second-order valence-corrected chi connectivity index (χ2v) is 8.84. The molecule has 1 saturated heterocycles. The van der Waals surface area contributed by atoms with Crippen LogP contribution < -0.4 is 10.6 Å². The van der Waals surface area contributed by atoms with Crippen molar-refractivity contribution in [1.82, 2.24) is 4.31 Å². The summed E-state index contributed by atoms with van der Waals surface area (Å²) < 4.78 is 32.0. The number of benzene rings is 2. The van der Waals surface area contributed by atoms with E-state index in [1.807, 2.05) is 24.3 Å². The molecule has 0 saturated carbocycles. The molecule has 0 bridgehead atoms. The average Bonchev–Trinajstić information content (AvgIpc) is 2.75. The summed E-state index contributed by atoms with van der Waals surface area (Å²) >= 11 is 0. The minimum absolute atomic E-state index is 0.195. The van der Waals surface area contributed by atoms with Crippen LogP contribution in [0, 0.1) is 0 Å².